The van der Waals surface area contributed by atoms with Gasteiger partial charge in [0, 0.05) is 17.8 Å². The lowest BCUT2D eigenvalue weighted by atomic mass is 10.1. The largest absolute Gasteiger partial charge is 0.486 e. The summed E-state index contributed by atoms with van der Waals surface area (Å²) in [6, 6.07) is 5.30. The maximum atomic E-state index is 15.1. The molecule has 3 aliphatic rings. The summed E-state index contributed by atoms with van der Waals surface area (Å²) >= 11 is 0. The minimum Gasteiger partial charge on any atom is -0.486 e. The molecular weight excluding hydrogens is 490 g/mol. The average Bonchev–Trinajstić information content (AvgIpc) is 3.63. The summed E-state index contributed by atoms with van der Waals surface area (Å²) in [5, 5.41) is 4.51. The smallest absolute Gasteiger partial charge is 0.190 e. The Morgan fingerprint density at radius 2 is 1.84 bits per heavy atom. The highest BCUT2D eigenvalue weighted by atomic mass is 19.1. The van der Waals surface area contributed by atoms with Gasteiger partial charge in [0.1, 0.15) is 23.8 Å². The molecule has 10 heteroatoms. The Labute approximate surface area is 220 Å². The van der Waals surface area contributed by atoms with Crippen molar-refractivity contribution in [2.75, 3.05) is 38.2 Å². The standard InChI is InChI=1S/C28H32F2N6O2/c1-34-9-6-20(7-10-34)36-11-8-23(33-36)25(37)16-26-31-17-22(30)27(32-26)18-14-21(29)28-24(15-18)35(12-13-38-28)19-4-2-3-5-19/h8,11,14-15,17,19-20H,2-7,9-10,12-13,16H2,1H3. The van der Waals surface area contributed by atoms with Crippen LogP contribution in [0.1, 0.15) is 60.9 Å². The summed E-state index contributed by atoms with van der Waals surface area (Å²) in [6.45, 7) is 3.07. The molecule has 0 amide bonds. The van der Waals surface area contributed by atoms with E-state index in [1.54, 1.807) is 12.1 Å². The molecule has 1 aliphatic carbocycles. The third-order valence-corrected chi connectivity index (χ3v) is 8.02. The first-order valence-corrected chi connectivity index (χ1v) is 13.5. The van der Waals surface area contributed by atoms with Crippen LogP contribution in [0, 0.1) is 11.6 Å². The fraction of sp³-hybridized carbons (Fsp3) is 0.500. The summed E-state index contributed by atoms with van der Waals surface area (Å²) in [5.74, 6) is -1.09. The van der Waals surface area contributed by atoms with Crippen LogP contribution in [0.3, 0.4) is 0 Å². The van der Waals surface area contributed by atoms with E-state index < -0.39 is 11.6 Å². The number of piperidine rings is 1. The number of carbonyl (C=O) groups is 1. The van der Waals surface area contributed by atoms with Crippen LogP contribution in [0.2, 0.25) is 0 Å². The number of carbonyl (C=O) groups excluding carboxylic acids is 1. The molecular formula is C28H32F2N6O2. The van der Waals surface area contributed by atoms with E-state index in [-0.39, 0.29) is 35.5 Å². The van der Waals surface area contributed by atoms with Gasteiger partial charge in [-0.3, -0.25) is 9.48 Å². The quantitative estimate of drug-likeness (QED) is 0.443. The minimum atomic E-state index is -0.670. The zero-order valence-electron chi connectivity index (χ0n) is 21.6. The lowest BCUT2D eigenvalue weighted by Gasteiger charge is -2.36. The van der Waals surface area contributed by atoms with Crippen molar-refractivity contribution in [1.29, 1.82) is 0 Å². The molecule has 2 aliphatic heterocycles. The molecule has 2 fully saturated rings. The molecule has 0 N–H and O–H groups in total. The zero-order valence-corrected chi connectivity index (χ0v) is 21.6. The molecule has 0 bridgehead atoms. The molecule has 1 saturated carbocycles. The maximum absolute atomic E-state index is 15.1. The van der Waals surface area contributed by atoms with Crippen LogP contribution in [0.4, 0.5) is 14.5 Å². The van der Waals surface area contributed by atoms with E-state index in [0.717, 1.165) is 57.8 Å². The van der Waals surface area contributed by atoms with E-state index in [9.17, 15) is 9.18 Å². The second kappa shape index (κ2) is 10.4. The lowest BCUT2D eigenvalue weighted by molar-refractivity contribution is 0.0984. The number of anilines is 1. The Balaban J connectivity index is 1.24. The summed E-state index contributed by atoms with van der Waals surface area (Å²) < 4.78 is 37.6. The molecule has 4 heterocycles. The first-order chi connectivity index (χ1) is 18.5. The van der Waals surface area contributed by atoms with E-state index in [4.69, 9.17) is 4.74 Å². The van der Waals surface area contributed by atoms with Gasteiger partial charge in [-0.25, -0.2) is 18.7 Å². The van der Waals surface area contributed by atoms with E-state index in [1.807, 2.05) is 10.9 Å². The Kier molecular flexibility index (Phi) is 6.82. The number of aromatic nitrogens is 4. The van der Waals surface area contributed by atoms with E-state index in [0.29, 0.717) is 36.1 Å². The summed E-state index contributed by atoms with van der Waals surface area (Å²) in [4.78, 5) is 25.9. The maximum Gasteiger partial charge on any atom is 0.190 e. The van der Waals surface area contributed by atoms with Crippen LogP contribution >= 0.6 is 0 Å². The molecule has 0 radical (unpaired) electrons. The summed E-state index contributed by atoms with van der Waals surface area (Å²) in [7, 11) is 2.10. The van der Waals surface area contributed by atoms with E-state index in [1.165, 1.54) is 6.07 Å². The first-order valence-electron chi connectivity index (χ1n) is 13.5. The molecule has 0 atom stereocenters. The summed E-state index contributed by atoms with van der Waals surface area (Å²) in [5.41, 5.74) is 1.24. The SMILES string of the molecule is CN1CCC(n2ccc(C(=O)Cc3ncc(F)c(-c4cc(F)c5c(c4)N(C4CCCC4)CCO5)n3)n2)CC1. The van der Waals surface area contributed by atoms with Crippen LogP contribution in [0.25, 0.3) is 11.3 Å². The first kappa shape index (κ1) is 24.9. The van der Waals surface area contributed by atoms with Crippen LogP contribution in [-0.2, 0) is 6.42 Å². The topological polar surface area (TPSA) is 76.4 Å². The molecule has 200 valence electrons. The number of Topliss-reactive ketones (excluding diaryl/α,β-unsaturated/α-hetero) is 1. The third-order valence-electron chi connectivity index (χ3n) is 8.02. The normalized spacial score (nSPS) is 19.0. The molecule has 2 aromatic heterocycles. The van der Waals surface area contributed by atoms with Crippen molar-refractivity contribution in [3.8, 4) is 17.0 Å². The minimum absolute atomic E-state index is 0.0294. The van der Waals surface area contributed by atoms with Gasteiger partial charge in [-0.15, -0.1) is 0 Å². The fourth-order valence-electron chi connectivity index (χ4n) is 5.91. The van der Waals surface area contributed by atoms with Gasteiger partial charge in [0.05, 0.1) is 30.9 Å². The number of fused-ring (bicyclic) bond motifs is 1. The predicted molar refractivity (Wildman–Crippen MR) is 139 cm³/mol. The van der Waals surface area contributed by atoms with Gasteiger partial charge in [0.2, 0.25) is 0 Å². The molecule has 8 nitrogen and oxygen atoms in total. The zero-order chi connectivity index (χ0) is 26.2. The van der Waals surface area contributed by atoms with Crippen molar-refractivity contribution in [2.45, 2.75) is 57.0 Å². The number of hydrogen-bond acceptors (Lipinski definition) is 7. The van der Waals surface area contributed by atoms with Gasteiger partial charge in [-0.1, -0.05) is 12.8 Å². The van der Waals surface area contributed by atoms with Gasteiger partial charge >= 0.3 is 0 Å². The van der Waals surface area contributed by atoms with Gasteiger partial charge in [0.25, 0.3) is 0 Å². The number of ether oxygens (including phenoxy) is 1. The number of halogens is 2. The van der Waals surface area contributed by atoms with Crippen molar-refractivity contribution in [3.63, 3.8) is 0 Å². The highest BCUT2D eigenvalue weighted by Crippen LogP contribution is 2.41. The number of likely N-dealkylation sites (tertiary alicyclic amines) is 1. The van der Waals surface area contributed by atoms with Crippen molar-refractivity contribution >= 4 is 11.5 Å². The second-order valence-electron chi connectivity index (χ2n) is 10.6. The Morgan fingerprint density at radius 1 is 1.05 bits per heavy atom. The summed E-state index contributed by atoms with van der Waals surface area (Å²) in [6.07, 6.45) is 9.12. The van der Waals surface area contributed by atoms with Crippen molar-refractivity contribution < 1.29 is 18.3 Å². The molecule has 3 aromatic rings. The fourth-order valence-corrected chi connectivity index (χ4v) is 5.91. The Morgan fingerprint density at radius 3 is 2.63 bits per heavy atom. The number of benzene rings is 1. The van der Waals surface area contributed by atoms with Gasteiger partial charge < -0.3 is 14.5 Å². The monoisotopic (exact) mass is 522 g/mol. The lowest BCUT2D eigenvalue weighted by Crippen LogP contribution is -2.40. The molecule has 0 unspecified atom stereocenters. The van der Waals surface area contributed by atoms with Crippen LogP contribution < -0.4 is 9.64 Å². The molecule has 6 rings (SSSR count). The predicted octanol–water partition coefficient (Wildman–Crippen LogP) is 4.45. The Bertz CT molecular complexity index is 1330. The number of hydrogen-bond donors (Lipinski definition) is 0. The average molecular weight is 523 g/mol. The van der Waals surface area contributed by atoms with Crippen LogP contribution in [0.5, 0.6) is 5.75 Å². The van der Waals surface area contributed by atoms with Crippen LogP contribution in [-0.4, -0.2) is 69.8 Å². The highest BCUT2D eigenvalue weighted by Gasteiger charge is 2.30. The van der Waals surface area contributed by atoms with E-state index in [2.05, 4.69) is 31.9 Å². The van der Waals surface area contributed by atoms with Crippen molar-refractivity contribution in [1.82, 2.24) is 24.6 Å². The number of rotatable bonds is 6. The van der Waals surface area contributed by atoms with E-state index >= 15 is 4.39 Å². The molecule has 38 heavy (non-hydrogen) atoms. The Hall–Kier alpha value is -3.40. The van der Waals surface area contributed by atoms with Crippen molar-refractivity contribution in [2.24, 2.45) is 0 Å². The number of nitrogens with zero attached hydrogens (tertiary/aromatic N) is 6. The highest BCUT2D eigenvalue weighted by molar-refractivity contribution is 5.95. The van der Waals surface area contributed by atoms with Gasteiger partial charge in [-0.05, 0) is 64.0 Å². The molecule has 1 aromatic carbocycles. The van der Waals surface area contributed by atoms with Crippen LogP contribution in [0.15, 0.2) is 30.6 Å². The molecule has 0 spiro atoms. The second-order valence-corrected chi connectivity index (χ2v) is 10.6. The van der Waals surface area contributed by atoms with Crippen molar-refractivity contribution in [3.05, 3.63) is 53.7 Å². The molecule has 1 saturated heterocycles. The van der Waals surface area contributed by atoms with Gasteiger partial charge in [0.15, 0.2) is 23.2 Å². The number of ketones is 1. The third kappa shape index (κ3) is 4.89. The van der Waals surface area contributed by atoms with Gasteiger partial charge in [-0.2, -0.15) is 5.10 Å².